The zero-order chi connectivity index (χ0) is 16.3. The molecule has 0 bridgehead atoms. The average molecular weight is 308 g/mol. The van der Waals surface area contributed by atoms with Gasteiger partial charge in [-0.25, -0.2) is 4.79 Å². The summed E-state index contributed by atoms with van der Waals surface area (Å²) < 4.78 is 7.37. The second-order valence-electron chi connectivity index (χ2n) is 6.43. The van der Waals surface area contributed by atoms with E-state index in [1.165, 1.54) is 6.21 Å². The summed E-state index contributed by atoms with van der Waals surface area (Å²) in [7, 11) is 0. The van der Waals surface area contributed by atoms with Crippen molar-refractivity contribution in [2.45, 2.75) is 59.2 Å². The van der Waals surface area contributed by atoms with E-state index < -0.39 is 5.60 Å². The summed E-state index contributed by atoms with van der Waals surface area (Å²) in [6.45, 7) is 9.48. The predicted octanol–water partition coefficient (Wildman–Crippen LogP) is 2.39. The van der Waals surface area contributed by atoms with Crippen LogP contribution in [0, 0.1) is 0 Å². The lowest BCUT2D eigenvalue weighted by atomic mass is 10.1. The SMILES string of the molecule is CCCn1nc(/C=N/O)c2c1CCN(C(=O)OC(C)(C)C)C2. The molecule has 0 atom stereocenters. The summed E-state index contributed by atoms with van der Waals surface area (Å²) in [5, 5.41) is 16.4. The van der Waals surface area contributed by atoms with Crippen LogP contribution in [0.1, 0.15) is 51.1 Å². The van der Waals surface area contributed by atoms with Crippen LogP contribution in [0.25, 0.3) is 0 Å². The van der Waals surface area contributed by atoms with E-state index >= 15 is 0 Å². The van der Waals surface area contributed by atoms with Crippen molar-refractivity contribution in [1.29, 1.82) is 0 Å². The monoisotopic (exact) mass is 308 g/mol. The molecule has 0 saturated heterocycles. The molecule has 0 radical (unpaired) electrons. The maximum atomic E-state index is 12.2. The Kier molecular flexibility index (Phi) is 4.73. The minimum Gasteiger partial charge on any atom is -0.444 e. The number of carbonyl (C=O) groups is 1. The summed E-state index contributed by atoms with van der Waals surface area (Å²) in [4.78, 5) is 13.9. The van der Waals surface area contributed by atoms with Crippen LogP contribution in [0.5, 0.6) is 0 Å². The maximum absolute atomic E-state index is 12.2. The number of nitrogens with zero attached hydrogens (tertiary/aromatic N) is 4. The van der Waals surface area contributed by atoms with Gasteiger partial charge in [-0.2, -0.15) is 5.10 Å². The highest BCUT2D eigenvalue weighted by Gasteiger charge is 2.29. The predicted molar refractivity (Wildman–Crippen MR) is 82.2 cm³/mol. The number of hydrogen-bond acceptors (Lipinski definition) is 5. The molecule has 1 N–H and O–H groups in total. The standard InChI is InChI=1S/C15H24N4O3/c1-5-7-19-13-6-8-18(14(20)22-15(2,3)4)10-11(13)12(17-19)9-16-21/h9,21H,5-8,10H2,1-4H3/b16-9+. The number of rotatable bonds is 3. The molecule has 0 aliphatic carbocycles. The van der Waals surface area contributed by atoms with Crippen molar-refractivity contribution >= 4 is 12.3 Å². The molecule has 22 heavy (non-hydrogen) atoms. The van der Waals surface area contributed by atoms with E-state index in [1.54, 1.807) is 4.90 Å². The van der Waals surface area contributed by atoms with Crippen LogP contribution in [0.2, 0.25) is 0 Å². The first-order valence-electron chi connectivity index (χ1n) is 7.59. The van der Waals surface area contributed by atoms with Crippen molar-refractivity contribution in [1.82, 2.24) is 14.7 Å². The lowest BCUT2D eigenvalue weighted by molar-refractivity contribution is 0.0222. The third-order valence-corrected chi connectivity index (χ3v) is 3.43. The van der Waals surface area contributed by atoms with Gasteiger partial charge in [-0.15, -0.1) is 0 Å². The lowest BCUT2D eigenvalue weighted by Crippen LogP contribution is -2.40. The van der Waals surface area contributed by atoms with E-state index in [-0.39, 0.29) is 6.09 Å². The van der Waals surface area contributed by atoms with E-state index in [2.05, 4.69) is 17.2 Å². The first-order chi connectivity index (χ1) is 10.4. The fraction of sp³-hybridized carbons (Fsp3) is 0.667. The highest BCUT2D eigenvalue weighted by Crippen LogP contribution is 2.23. The number of aryl methyl sites for hydroxylation is 1. The Morgan fingerprint density at radius 3 is 2.82 bits per heavy atom. The molecular formula is C15H24N4O3. The van der Waals surface area contributed by atoms with Crippen LogP contribution < -0.4 is 0 Å². The Balaban J connectivity index is 2.23. The normalized spacial score (nSPS) is 15.2. The van der Waals surface area contributed by atoms with E-state index in [4.69, 9.17) is 9.94 Å². The van der Waals surface area contributed by atoms with Gasteiger partial charge in [-0.05, 0) is 27.2 Å². The van der Waals surface area contributed by atoms with Gasteiger partial charge >= 0.3 is 6.09 Å². The summed E-state index contributed by atoms with van der Waals surface area (Å²) >= 11 is 0. The average Bonchev–Trinajstić information content (AvgIpc) is 2.76. The van der Waals surface area contributed by atoms with Gasteiger partial charge in [0, 0.05) is 30.8 Å². The van der Waals surface area contributed by atoms with Gasteiger partial charge in [-0.1, -0.05) is 12.1 Å². The minimum atomic E-state index is -0.515. The van der Waals surface area contributed by atoms with Gasteiger partial charge < -0.3 is 14.8 Å². The van der Waals surface area contributed by atoms with Crippen LogP contribution in [0.3, 0.4) is 0 Å². The van der Waals surface area contributed by atoms with Gasteiger partial charge in [0.25, 0.3) is 0 Å². The Bertz CT molecular complexity index is 572. The summed E-state index contributed by atoms with van der Waals surface area (Å²) in [5.41, 5.74) is 2.14. The molecule has 7 heteroatoms. The van der Waals surface area contributed by atoms with E-state index in [1.807, 2.05) is 25.5 Å². The largest absolute Gasteiger partial charge is 0.444 e. The van der Waals surface area contributed by atoms with Gasteiger partial charge in [0.15, 0.2) is 0 Å². The lowest BCUT2D eigenvalue weighted by Gasteiger charge is -2.30. The Labute approximate surface area is 130 Å². The Hall–Kier alpha value is -2.05. The zero-order valence-corrected chi connectivity index (χ0v) is 13.7. The van der Waals surface area contributed by atoms with Crippen LogP contribution in [0.15, 0.2) is 5.16 Å². The third-order valence-electron chi connectivity index (χ3n) is 3.43. The molecule has 1 amide bonds. The molecule has 1 aliphatic heterocycles. The molecule has 122 valence electrons. The fourth-order valence-electron chi connectivity index (χ4n) is 2.55. The van der Waals surface area contributed by atoms with Crippen LogP contribution in [-0.4, -0.2) is 44.3 Å². The highest BCUT2D eigenvalue weighted by molar-refractivity contribution is 5.79. The van der Waals surface area contributed by atoms with E-state index in [0.29, 0.717) is 18.8 Å². The van der Waals surface area contributed by atoms with Crippen molar-refractivity contribution in [2.24, 2.45) is 5.16 Å². The maximum Gasteiger partial charge on any atom is 0.410 e. The van der Waals surface area contributed by atoms with Crippen molar-refractivity contribution in [2.75, 3.05) is 6.54 Å². The van der Waals surface area contributed by atoms with Gasteiger partial charge in [0.2, 0.25) is 0 Å². The third kappa shape index (κ3) is 3.58. The van der Waals surface area contributed by atoms with Gasteiger partial charge in [-0.3, -0.25) is 4.68 Å². The summed E-state index contributed by atoms with van der Waals surface area (Å²) in [5.74, 6) is 0. The molecule has 0 spiro atoms. The number of oxime groups is 1. The van der Waals surface area contributed by atoms with Crippen LogP contribution in [0.4, 0.5) is 4.79 Å². The topological polar surface area (TPSA) is 80.0 Å². The molecule has 0 aromatic carbocycles. The molecule has 1 aliphatic rings. The molecule has 7 nitrogen and oxygen atoms in total. The van der Waals surface area contributed by atoms with E-state index in [0.717, 1.165) is 30.6 Å². The van der Waals surface area contributed by atoms with Gasteiger partial charge in [0.1, 0.15) is 11.3 Å². The number of hydrogen-bond donors (Lipinski definition) is 1. The molecule has 0 unspecified atom stereocenters. The number of ether oxygens (including phenoxy) is 1. The smallest absolute Gasteiger partial charge is 0.410 e. The molecule has 1 aromatic heterocycles. The molecule has 2 heterocycles. The van der Waals surface area contributed by atoms with Crippen LogP contribution in [-0.2, 0) is 24.2 Å². The Morgan fingerprint density at radius 1 is 1.50 bits per heavy atom. The van der Waals surface area contributed by atoms with Gasteiger partial charge in [0.05, 0.1) is 12.8 Å². The molecule has 2 rings (SSSR count). The van der Waals surface area contributed by atoms with E-state index in [9.17, 15) is 4.79 Å². The number of aromatic nitrogens is 2. The minimum absolute atomic E-state index is 0.326. The molecule has 1 aromatic rings. The zero-order valence-electron chi connectivity index (χ0n) is 13.7. The molecule has 0 saturated carbocycles. The van der Waals surface area contributed by atoms with Crippen molar-refractivity contribution in [3.8, 4) is 0 Å². The number of fused-ring (bicyclic) bond motifs is 1. The molecule has 0 fully saturated rings. The number of carbonyl (C=O) groups excluding carboxylic acids is 1. The molecular weight excluding hydrogens is 284 g/mol. The first kappa shape index (κ1) is 16.3. The van der Waals surface area contributed by atoms with Crippen molar-refractivity contribution in [3.63, 3.8) is 0 Å². The first-order valence-corrected chi connectivity index (χ1v) is 7.59. The van der Waals surface area contributed by atoms with Crippen molar-refractivity contribution in [3.05, 3.63) is 17.0 Å². The second-order valence-corrected chi connectivity index (χ2v) is 6.43. The Morgan fingerprint density at radius 2 is 2.23 bits per heavy atom. The fourth-order valence-corrected chi connectivity index (χ4v) is 2.55. The number of amides is 1. The summed E-state index contributed by atoms with van der Waals surface area (Å²) in [6, 6.07) is 0. The van der Waals surface area contributed by atoms with Crippen molar-refractivity contribution < 1.29 is 14.7 Å². The summed E-state index contributed by atoms with van der Waals surface area (Å²) in [6.07, 6.45) is 2.69. The second kappa shape index (κ2) is 6.37. The highest BCUT2D eigenvalue weighted by atomic mass is 16.6. The quantitative estimate of drug-likeness (QED) is 0.528. The van der Waals surface area contributed by atoms with Crippen LogP contribution >= 0.6 is 0 Å².